The van der Waals surface area contributed by atoms with Crippen LogP contribution in [0.5, 0.6) is 0 Å². The molecule has 0 radical (unpaired) electrons. The Kier molecular flexibility index (Phi) is 3.56. The average molecular weight is 257 g/mol. The van der Waals surface area contributed by atoms with Crippen LogP contribution in [0.2, 0.25) is 0 Å². The summed E-state index contributed by atoms with van der Waals surface area (Å²) < 4.78 is 10.8. The van der Waals surface area contributed by atoms with Gasteiger partial charge in [0.2, 0.25) is 0 Å². The third-order valence-electron chi connectivity index (χ3n) is 3.64. The van der Waals surface area contributed by atoms with Crippen molar-refractivity contribution >= 4 is 6.09 Å². The van der Waals surface area contributed by atoms with Crippen LogP contribution in [0, 0.1) is 5.41 Å². The van der Waals surface area contributed by atoms with Crippen molar-refractivity contribution in [3.8, 4) is 0 Å². The number of rotatable bonds is 1. The smallest absolute Gasteiger partial charge is 0.410 e. The van der Waals surface area contributed by atoms with Crippen LogP contribution < -0.4 is 0 Å². The van der Waals surface area contributed by atoms with Crippen molar-refractivity contribution in [3.63, 3.8) is 0 Å². The van der Waals surface area contributed by atoms with Crippen molar-refractivity contribution < 1.29 is 19.4 Å². The van der Waals surface area contributed by atoms with E-state index in [9.17, 15) is 9.90 Å². The van der Waals surface area contributed by atoms with E-state index in [4.69, 9.17) is 9.47 Å². The van der Waals surface area contributed by atoms with Gasteiger partial charge in [0.1, 0.15) is 5.60 Å². The Morgan fingerprint density at radius 2 is 2.28 bits per heavy atom. The molecule has 0 saturated carbocycles. The highest BCUT2D eigenvalue weighted by Crippen LogP contribution is 2.41. The number of amides is 1. The van der Waals surface area contributed by atoms with Crippen molar-refractivity contribution in [3.05, 3.63) is 0 Å². The van der Waals surface area contributed by atoms with Gasteiger partial charge in [-0.3, -0.25) is 0 Å². The molecule has 2 rings (SSSR count). The normalized spacial score (nSPS) is 32.2. The molecule has 1 amide bonds. The van der Waals surface area contributed by atoms with Gasteiger partial charge in [0.05, 0.1) is 19.3 Å². The minimum absolute atomic E-state index is 0.0129. The third-order valence-corrected chi connectivity index (χ3v) is 3.64. The molecule has 0 aromatic rings. The molecule has 1 unspecified atom stereocenters. The molecular weight excluding hydrogens is 234 g/mol. The van der Waals surface area contributed by atoms with Crippen LogP contribution in [0.1, 0.15) is 33.6 Å². The maximum absolute atomic E-state index is 12.1. The number of likely N-dealkylation sites (tertiary alicyclic amines) is 1. The van der Waals surface area contributed by atoms with E-state index in [1.54, 1.807) is 4.90 Å². The van der Waals surface area contributed by atoms with E-state index in [1.807, 2.05) is 20.8 Å². The summed E-state index contributed by atoms with van der Waals surface area (Å²) in [5, 5.41) is 9.44. The lowest BCUT2D eigenvalue weighted by Crippen LogP contribution is -2.42. The van der Waals surface area contributed by atoms with Gasteiger partial charge in [-0.25, -0.2) is 4.79 Å². The summed E-state index contributed by atoms with van der Waals surface area (Å²) >= 11 is 0. The number of nitrogens with zero attached hydrogens (tertiary/aromatic N) is 1. The van der Waals surface area contributed by atoms with Gasteiger partial charge in [0, 0.05) is 18.6 Å². The Bertz CT molecular complexity index is 317. The highest BCUT2D eigenvalue weighted by Gasteiger charge is 2.48. The number of ether oxygens (including phenoxy) is 2. The maximum atomic E-state index is 12.1. The topological polar surface area (TPSA) is 59.0 Å². The minimum atomic E-state index is -0.501. The first-order chi connectivity index (χ1) is 8.35. The van der Waals surface area contributed by atoms with Crippen LogP contribution >= 0.6 is 0 Å². The molecule has 18 heavy (non-hydrogen) atoms. The van der Waals surface area contributed by atoms with Crippen LogP contribution in [0.4, 0.5) is 4.79 Å². The molecule has 1 spiro atoms. The van der Waals surface area contributed by atoms with Gasteiger partial charge in [-0.1, -0.05) is 0 Å². The number of carbonyl (C=O) groups excluding carboxylic acids is 1. The van der Waals surface area contributed by atoms with Gasteiger partial charge in [-0.05, 0) is 33.6 Å². The first kappa shape index (κ1) is 13.6. The van der Waals surface area contributed by atoms with Crippen molar-refractivity contribution in [2.45, 2.75) is 45.3 Å². The predicted molar refractivity (Wildman–Crippen MR) is 66.3 cm³/mol. The van der Waals surface area contributed by atoms with E-state index in [0.29, 0.717) is 13.2 Å². The maximum Gasteiger partial charge on any atom is 0.410 e. The van der Waals surface area contributed by atoms with Gasteiger partial charge >= 0.3 is 6.09 Å². The van der Waals surface area contributed by atoms with E-state index in [-0.39, 0.29) is 24.2 Å². The molecule has 2 aliphatic rings. The van der Waals surface area contributed by atoms with Crippen molar-refractivity contribution in [1.29, 1.82) is 0 Å². The number of aliphatic hydroxyl groups is 1. The number of hydrogen-bond acceptors (Lipinski definition) is 4. The van der Waals surface area contributed by atoms with Crippen molar-refractivity contribution in [2.24, 2.45) is 5.41 Å². The Balaban J connectivity index is 2.05. The standard InChI is InChI=1S/C13H23NO4/c1-12(2,3)18-11(16)14-8-13(4-5-17-9-13)6-10(14)7-15/h10,15H,4-9H2,1-3H3/t10-,13?/m1/s1. The minimum Gasteiger partial charge on any atom is -0.444 e. The molecule has 5 nitrogen and oxygen atoms in total. The van der Waals surface area contributed by atoms with Crippen LogP contribution in [0.15, 0.2) is 0 Å². The molecule has 2 atom stereocenters. The largest absolute Gasteiger partial charge is 0.444 e. The molecule has 2 saturated heterocycles. The van der Waals surface area contributed by atoms with E-state index >= 15 is 0 Å². The quantitative estimate of drug-likeness (QED) is 0.771. The highest BCUT2D eigenvalue weighted by molar-refractivity contribution is 5.69. The third kappa shape index (κ3) is 2.78. The Hall–Kier alpha value is -0.810. The van der Waals surface area contributed by atoms with E-state index in [0.717, 1.165) is 19.4 Å². The zero-order chi connectivity index (χ0) is 13.4. The summed E-state index contributed by atoms with van der Waals surface area (Å²) in [6.45, 7) is 7.60. The molecule has 0 bridgehead atoms. The summed E-state index contributed by atoms with van der Waals surface area (Å²) in [5.41, 5.74) is -0.469. The molecule has 2 fully saturated rings. The molecule has 0 aliphatic carbocycles. The number of hydrogen-bond donors (Lipinski definition) is 1. The second-order valence-corrected chi connectivity index (χ2v) is 6.45. The molecule has 0 aromatic heterocycles. The van der Waals surface area contributed by atoms with Gasteiger partial charge in [-0.2, -0.15) is 0 Å². The summed E-state index contributed by atoms with van der Waals surface area (Å²) in [7, 11) is 0. The molecule has 2 heterocycles. The summed E-state index contributed by atoms with van der Waals surface area (Å²) in [6.07, 6.45) is 1.44. The summed E-state index contributed by atoms with van der Waals surface area (Å²) in [6, 6.07) is -0.137. The second kappa shape index (κ2) is 4.70. The van der Waals surface area contributed by atoms with Crippen LogP contribution in [-0.2, 0) is 9.47 Å². The molecule has 5 heteroatoms. The molecule has 104 valence electrons. The van der Waals surface area contributed by atoms with Gasteiger partial charge in [-0.15, -0.1) is 0 Å². The number of aliphatic hydroxyl groups excluding tert-OH is 1. The monoisotopic (exact) mass is 257 g/mol. The molecular formula is C13H23NO4. The van der Waals surface area contributed by atoms with E-state index in [1.165, 1.54) is 0 Å². The summed E-state index contributed by atoms with van der Waals surface area (Å²) in [4.78, 5) is 13.8. The van der Waals surface area contributed by atoms with Crippen LogP contribution in [0.3, 0.4) is 0 Å². The van der Waals surface area contributed by atoms with Crippen molar-refractivity contribution in [2.75, 3.05) is 26.4 Å². The zero-order valence-electron chi connectivity index (χ0n) is 11.4. The second-order valence-electron chi connectivity index (χ2n) is 6.45. The fourth-order valence-electron chi connectivity index (χ4n) is 2.80. The fraction of sp³-hybridized carbons (Fsp3) is 0.923. The SMILES string of the molecule is CC(C)(C)OC(=O)N1CC2(CCOC2)C[C@@H]1CO. The zero-order valence-corrected chi connectivity index (χ0v) is 11.4. The van der Waals surface area contributed by atoms with Gasteiger partial charge in [0.15, 0.2) is 0 Å². The van der Waals surface area contributed by atoms with E-state index < -0.39 is 5.60 Å². The summed E-state index contributed by atoms with van der Waals surface area (Å²) in [5.74, 6) is 0. The van der Waals surface area contributed by atoms with Gasteiger partial charge < -0.3 is 19.5 Å². The van der Waals surface area contributed by atoms with Crippen molar-refractivity contribution in [1.82, 2.24) is 4.90 Å². The van der Waals surface area contributed by atoms with Gasteiger partial charge in [0.25, 0.3) is 0 Å². The Morgan fingerprint density at radius 3 is 2.78 bits per heavy atom. The molecule has 0 aromatic carbocycles. The molecule has 1 N–H and O–H groups in total. The molecule has 2 aliphatic heterocycles. The van der Waals surface area contributed by atoms with Crippen LogP contribution in [-0.4, -0.2) is 54.1 Å². The predicted octanol–water partition coefficient (Wildman–Crippen LogP) is 1.39. The number of carbonyl (C=O) groups is 1. The highest BCUT2D eigenvalue weighted by atomic mass is 16.6. The van der Waals surface area contributed by atoms with E-state index in [2.05, 4.69) is 0 Å². The lowest BCUT2D eigenvalue weighted by molar-refractivity contribution is 0.0162. The lowest BCUT2D eigenvalue weighted by Gasteiger charge is -2.28. The Labute approximate surface area is 108 Å². The fourth-order valence-corrected chi connectivity index (χ4v) is 2.80. The lowest BCUT2D eigenvalue weighted by atomic mass is 9.85. The Morgan fingerprint density at radius 1 is 1.56 bits per heavy atom. The first-order valence-corrected chi connectivity index (χ1v) is 6.53. The average Bonchev–Trinajstić information content (AvgIpc) is 2.84. The first-order valence-electron chi connectivity index (χ1n) is 6.53. The van der Waals surface area contributed by atoms with Crippen LogP contribution in [0.25, 0.3) is 0 Å².